The van der Waals surface area contributed by atoms with Crippen LogP contribution in [0.25, 0.3) is 0 Å². The minimum absolute atomic E-state index is 0.176. The van der Waals surface area contributed by atoms with Crippen LogP contribution in [-0.2, 0) is 4.74 Å². The quantitative estimate of drug-likeness (QED) is 0.766. The van der Waals surface area contributed by atoms with Crippen LogP contribution in [0.3, 0.4) is 0 Å². The molecule has 1 N–H and O–H groups in total. The maximum Gasteiger partial charge on any atom is 0.338 e. The first kappa shape index (κ1) is 3.57. The summed E-state index contributed by atoms with van der Waals surface area (Å²) in [5.41, 5.74) is -0.245. The zero-order chi connectivity index (χ0) is 18.3. The van der Waals surface area contributed by atoms with E-state index in [2.05, 4.69) is 4.74 Å². The highest BCUT2D eigenvalue weighted by Crippen LogP contribution is 2.10. The van der Waals surface area contributed by atoms with E-state index in [0.29, 0.717) is 0 Å². The zero-order valence-corrected chi connectivity index (χ0v) is 7.07. The number of esters is 1. The topological polar surface area (TPSA) is 46.5 Å². The van der Waals surface area contributed by atoms with Gasteiger partial charge in [-0.2, -0.15) is 0 Å². The Labute approximate surface area is 96.0 Å². The molecular weight excluding hydrogens is 180 g/mol. The van der Waals surface area contributed by atoms with Crippen molar-refractivity contribution in [3.8, 4) is 5.75 Å². The van der Waals surface area contributed by atoms with Gasteiger partial charge in [0.1, 0.15) is 5.75 Å². The predicted octanol–water partition coefficient (Wildman–Crippen LogP) is 2.21. The lowest BCUT2D eigenvalue weighted by Gasteiger charge is -2.06. The van der Waals surface area contributed by atoms with Gasteiger partial charge >= 0.3 is 5.97 Å². The van der Waals surface area contributed by atoms with E-state index < -0.39 is 32.1 Å². The SMILES string of the molecule is [2H]C([2H])([2H])C([2H])(C([2H])([2H])[2H])C([2H])([2H])OC(=O)c1ccc(O)cc1. The van der Waals surface area contributed by atoms with Gasteiger partial charge in [0.2, 0.25) is 0 Å². The molecule has 0 amide bonds. The standard InChI is InChI=1S/C11H14O3/c1-8(2)7-14-11(13)9-3-5-10(12)6-4-9/h3-6,8,12H,7H2,1-2H3/i1D3,2D3,7D2,8D. The van der Waals surface area contributed by atoms with Gasteiger partial charge in [-0.15, -0.1) is 0 Å². The van der Waals surface area contributed by atoms with Crippen LogP contribution in [-0.4, -0.2) is 17.6 Å². The Balaban J connectivity index is 3.22. The molecule has 1 rings (SSSR count). The third-order valence-electron chi connectivity index (χ3n) is 1.35. The van der Waals surface area contributed by atoms with Crippen molar-refractivity contribution in [2.75, 3.05) is 6.56 Å². The number of hydrogen-bond acceptors (Lipinski definition) is 3. The van der Waals surface area contributed by atoms with Gasteiger partial charge in [-0.3, -0.25) is 0 Å². The highest BCUT2D eigenvalue weighted by atomic mass is 16.5. The number of phenols is 1. The largest absolute Gasteiger partial charge is 0.508 e. The molecule has 14 heavy (non-hydrogen) atoms. The van der Waals surface area contributed by atoms with E-state index >= 15 is 0 Å². The van der Waals surface area contributed by atoms with Crippen molar-refractivity contribution >= 4 is 5.97 Å². The molecule has 0 fully saturated rings. The highest BCUT2D eigenvalue weighted by molar-refractivity contribution is 5.89. The van der Waals surface area contributed by atoms with Gasteiger partial charge in [0.05, 0.1) is 14.9 Å². The summed E-state index contributed by atoms with van der Waals surface area (Å²) in [7, 11) is 0. The molecule has 0 aliphatic carbocycles. The zero-order valence-electron chi connectivity index (χ0n) is 16.1. The van der Waals surface area contributed by atoms with E-state index in [4.69, 9.17) is 17.4 Å². The first-order valence-electron chi connectivity index (χ1n) is 8.16. The van der Waals surface area contributed by atoms with Crippen LogP contribution in [0.5, 0.6) is 5.75 Å². The second kappa shape index (κ2) is 4.65. The van der Waals surface area contributed by atoms with E-state index in [-0.39, 0.29) is 11.3 Å². The summed E-state index contributed by atoms with van der Waals surface area (Å²) >= 11 is 0. The Morgan fingerprint density at radius 3 is 2.86 bits per heavy atom. The minimum Gasteiger partial charge on any atom is -0.508 e. The maximum atomic E-state index is 11.9. The van der Waals surface area contributed by atoms with Crippen LogP contribution in [0, 0.1) is 5.89 Å². The lowest BCUT2D eigenvalue weighted by Crippen LogP contribution is -2.09. The number of aromatic hydroxyl groups is 1. The van der Waals surface area contributed by atoms with Crippen molar-refractivity contribution in [1.82, 2.24) is 0 Å². The Bertz CT molecular complexity index is 560. The van der Waals surface area contributed by atoms with Crippen LogP contribution >= 0.6 is 0 Å². The second-order valence-electron chi connectivity index (χ2n) is 2.41. The van der Waals surface area contributed by atoms with E-state index in [1.165, 1.54) is 0 Å². The summed E-state index contributed by atoms with van der Waals surface area (Å²) in [6.45, 7) is -10.8. The normalized spacial score (nSPS) is 23.3. The predicted molar refractivity (Wildman–Crippen MR) is 53.2 cm³/mol. The number of hydrogen-bond donors (Lipinski definition) is 1. The highest BCUT2D eigenvalue weighted by Gasteiger charge is 2.07. The number of rotatable bonds is 3. The van der Waals surface area contributed by atoms with Crippen LogP contribution in [0.4, 0.5) is 0 Å². The van der Waals surface area contributed by atoms with Gasteiger partial charge in [0, 0.05) is 9.60 Å². The van der Waals surface area contributed by atoms with Crippen LogP contribution in [0.15, 0.2) is 24.3 Å². The molecule has 3 heteroatoms. The lowest BCUT2D eigenvalue weighted by molar-refractivity contribution is 0.0459. The Hall–Kier alpha value is -1.51. The number of ether oxygens (including phenoxy) is 1. The fourth-order valence-electron chi connectivity index (χ4n) is 0.754. The number of carbonyl (C=O) groups excluding carboxylic acids is 1. The first-order chi connectivity index (χ1) is 10.1. The molecule has 0 spiro atoms. The Morgan fingerprint density at radius 1 is 1.64 bits per heavy atom. The Morgan fingerprint density at radius 2 is 2.29 bits per heavy atom. The molecule has 0 radical (unpaired) electrons. The first-order valence-corrected chi connectivity index (χ1v) is 3.66. The van der Waals surface area contributed by atoms with Gasteiger partial charge in [0.15, 0.2) is 0 Å². The van der Waals surface area contributed by atoms with Gasteiger partial charge in [-0.05, 0) is 30.2 Å². The average Bonchev–Trinajstić information content (AvgIpc) is 2.35. The van der Waals surface area contributed by atoms with Crippen molar-refractivity contribution < 1.29 is 27.0 Å². The van der Waals surface area contributed by atoms with E-state index in [1.54, 1.807) is 0 Å². The molecule has 0 bridgehead atoms. The third-order valence-corrected chi connectivity index (χ3v) is 1.35. The van der Waals surface area contributed by atoms with Gasteiger partial charge in [-0.1, -0.05) is 13.7 Å². The average molecular weight is 203 g/mol. The second-order valence-corrected chi connectivity index (χ2v) is 2.41. The summed E-state index contributed by atoms with van der Waals surface area (Å²) in [5.74, 6) is -5.22. The number of benzene rings is 1. The number of phenolic OH excluding ortho intramolecular Hbond substituents is 1. The van der Waals surface area contributed by atoms with Crippen LogP contribution in [0.1, 0.15) is 36.4 Å². The van der Waals surface area contributed by atoms with E-state index in [9.17, 15) is 4.79 Å². The third kappa shape index (κ3) is 3.09. The van der Waals surface area contributed by atoms with Crippen molar-refractivity contribution in [2.45, 2.75) is 13.7 Å². The molecular formula is C11H14O3. The van der Waals surface area contributed by atoms with Gasteiger partial charge in [0.25, 0.3) is 0 Å². The van der Waals surface area contributed by atoms with E-state index in [0.717, 1.165) is 24.3 Å². The molecule has 1 aromatic carbocycles. The molecule has 3 nitrogen and oxygen atoms in total. The van der Waals surface area contributed by atoms with Crippen molar-refractivity contribution in [3.05, 3.63) is 29.8 Å². The summed E-state index contributed by atoms with van der Waals surface area (Å²) in [4.78, 5) is 11.9. The van der Waals surface area contributed by atoms with Crippen molar-refractivity contribution in [3.63, 3.8) is 0 Å². The molecule has 0 atom stereocenters. The van der Waals surface area contributed by atoms with Gasteiger partial charge in [-0.25, -0.2) is 4.79 Å². The fourth-order valence-corrected chi connectivity index (χ4v) is 0.754. The molecule has 0 heterocycles. The summed E-state index contributed by atoms with van der Waals surface area (Å²) in [6.07, 6.45) is 0. The summed E-state index contributed by atoms with van der Waals surface area (Å²) < 4.78 is 70.4. The molecule has 0 unspecified atom stereocenters. The molecule has 0 saturated carbocycles. The van der Waals surface area contributed by atoms with Crippen LogP contribution in [0.2, 0.25) is 0 Å². The maximum absolute atomic E-state index is 11.9. The minimum atomic E-state index is -3.68. The molecule has 76 valence electrons. The summed E-state index contributed by atoms with van der Waals surface area (Å²) in [5, 5.41) is 9.11. The smallest absolute Gasteiger partial charge is 0.338 e. The van der Waals surface area contributed by atoms with Crippen molar-refractivity contribution in [2.24, 2.45) is 5.89 Å². The van der Waals surface area contributed by atoms with Crippen molar-refractivity contribution in [1.29, 1.82) is 0 Å². The fraction of sp³-hybridized carbons (Fsp3) is 0.364. The number of carbonyl (C=O) groups is 1. The van der Waals surface area contributed by atoms with E-state index in [1.807, 2.05) is 0 Å². The van der Waals surface area contributed by atoms with Crippen LogP contribution < -0.4 is 0 Å². The molecule has 0 aromatic heterocycles. The molecule has 0 aliphatic rings. The Kier molecular flexibility index (Phi) is 1.19. The van der Waals surface area contributed by atoms with Gasteiger partial charge < -0.3 is 9.84 Å². The molecule has 1 aromatic rings. The lowest BCUT2D eigenvalue weighted by atomic mass is 10.2. The monoisotopic (exact) mass is 203 g/mol. The summed E-state index contributed by atoms with van der Waals surface area (Å²) in [6, 6.07) is 4.36. The molecule has 0 saturated heterocycles. The molecule has 0 aliphatic heterocycles.